The first-order chi connectivity index (χ1) is 7.27. The highest BCUT2D eigenvalue weighted by atomic mass is 127. The minimum Gasteiger partial charge on any atom is -0.356 e. The summed E-state index contributed by atoms with van der Waals surface area (Å²) in [6.45, 7) is 4.61. The van der Waals surface area contributed by atoms with Crippen molar-refractivity contribution in [3.05, 3.63) is 16.1 Å². The second-order valence-corrected chi connectivity index (χ2v) is 5.38. The number of aromatic nitrogens is 2. The van der Waals surface area contributed by atoms with E-state index >= 15 is 0 Å². The summed E-state index contributed by atoms with van der Waals surface area (Å²) in [4.78, 5) is 10.8. The zero-order chi connectivity index (χ0) is 10.7. The molecule has 82 valence electrons. The van der Waals surface area contributed by atoms with Gasteiger partial charge in [0, 0.05) is 19.3 Å². The molecule has 1 atom stereocenters. The number of hydrogen-bond donors (Lipinski definition) is 0. The third-order valence-electron chi connectivity index (χ3n) is 2.96. The fourth-order valence-electron chi connectivity index (χ4n) is 2.01. The van der Waals surface area contributed by atoms with Crippen LogP contribution in [-0.4, -0.2) is 23.1 Å². The molecular weight excluding hydrogens is 301 g/mol. The van der Waals surface area contributed by atoms with E-state index in [-0.39, 0.29) is 0 Å². The molecular formula is C11H16IN3. The van der Waals surface area contributed by atoms with E-state index in [1.807, 2.05) is 6.20 Å². The predicted molar refractivity (Wildman–Crippen MR) is 70.0 cm³/mol. The second kappa shape index (κ2) is 5.09. The second-order valence-electron chi connectivity index (χ2n) is 4.22. The Morgan fingerprint density at radius 3 is 3.07 bits per heavy atom. The summed E-state index contributed by atoms with van der Waals surface area (Å²) in [5, 5.41) is 0. The number of nitrogens with zero attached hydrogens (tertiary/aromatic N) is 3. The van der Waals surface area contributed by atoms with Gasteiger partial charge in [-0.05, 0) is 47.8 Å². The van der Waals surface area contributed by atoms with Crippen LogP contribution in [0, 0.1) is 9.49 Å². The Hall–Kier alpha value is -0.390. The molecule has 0 aromatic carbocycles. The molecule has 1 aromatic rings. The van der Waals surface area contributed by atoms with Crippen LogP contribution in [0.4, 0.5) is 5.82 Å². The van der Waals surface area contributed by atoms with Gasteiger partial charge in [-0.2, -0.15) is 0 Å². The Morgan fingerprint density at radius 2 is 2.27 bits per heavy atom. The molecule has 0 saturated carbocycles. The monoisotopic (exact) mass is 317 g/mol. The van der Waals surface area contributed by atoms with Crippen molar-refractivity contribution in [2.75, 3.05) is 18.0 Å². The van der Waals surface area contributed by atoms with Crippen LogP contribution >= 0.6 is 22.6 Å². The zero-order valence-corrected chi connectivity index (χ0v) is 11.1. The van der Waals surface area contributed by atoms with Crippen LogP contribution < -0.4 is 4.90 Å². The Labute approximate surface area is 104 Å². The molecule has 0 amide bonds. The van der Waals surface area contributed by atoms with Crippen LogP contribution in [0.3, 0.4) is 0 Å². The molecule has 0 radical (unpaired) electrons. The van der Waals surface area contributed by atoms with Crippen LogP contribution in [0.2, 0.25) is 0 Å². The highest BCUT2D eigenvalue weighted by Crippen LogP contribution is 2.23. The lowest BCUT2D eigenvalue weighted by Crippen LogP contribution is -2.26. The van der Waals surface area contributed by atoms with Crippen LogP contribution in [0.5, 0.6) is 0 Å². The van der Waals surface area contributed by atoms with Gasteiger partial charge < -0.3 is 4.90 Å². The molecule has 1 aromatic heterocycles. The highest BCUT2D eigenvalue weighted by Gasteiger charge is 2.16. The van der Waals surface area contributed by atoms with Crippen LogP contribution in [0.25, 0.3) is 0 Å². The van der Waals surface area contributed by atoms with Gasteiger partial charge in [0.15, 0.2) is 0 Å². The van der Waals surface area contributed by atoms with Crippen LogP contribution in [0.1, 0.15) is 26.2 Å². The molecule has 0 bridgehead atoms. The fraction of sp³-hybridized carbons (Fsp3) is 0.636. The van der Waals surface area contributed by atoms with Crippen molar-refractivity contribution < 1.29 is 0 Å². The molecule has 1 saturated heterocycles. The van der Waals surface area contributed by atoms with Crippen molar-refractivity contribution in [3.8, 4) is 0 Å². The molecule has 4 heteroatoms. The molecule has 3 nitrogen and oxygen atoms in total. The number of hydrogen-bond acceptors (Lipinski definition) is 3. The Kier molecular flexibility index (Phi) is 3.77. The summed E-state index contributed by atoms with van der Waals surface area (Å²) in [6, 6.07) is 0. The third-order valence-corrected chi connectivity index (χ3v) is 3.73. The van der Waals surface area contributed by atoms with E-state index < -0.39 is 0 Å². The predicted octanol–water partition coefficient (Wildman–Crippen LogP) is 2.71. The van der Waals surface area contributed by atoms with Gasteiger partial charge in [-0.3, -0.25) is 0 Å². The minimum absolute atomic E-state index is 0.856. The maximum atomic E-state index is 4.38. The SMILES string of the molecule is CC1CCCN(c2ncncc2I)CC1. The number of anilines is 1. The van der Waals surface area contributed by atoms with Gasteiger partial charge in [-0.25, -0.2) is 9.97 Å². The average molecular weight is 317 g/mol. The van der Waals surface area contributed by atoms with Gasteiger partial charge in [-0.15, -0.1) is 0 Å². The summed E-state index contributed by atoms with van der Waals surface area (Å²) in [7, 11) is 0. The lowest BCUT2D eigenvalue weighted by Gasteiger charge is -2.22. The highest BCUT2D eigenvalue weighted by molar-refractivity contribution is 14.1. The third kappa shape index (κ3) is 2.80. The summed E-state index contributed by atoms with van der Waals surface area (Å²) < 4.78 is 1.16. The van der Waals surface area contributed by atoms with Gasteiger partial charge in [0.05, 0.1) is 3.57 Å². The lowest BCUT2D eigenvalue weighted by atomic mass is 10.0. The Morgan fingerprint density at radius 1 is 1.40 bits per heavy atom. The molecule has 1 fully saturated rings. The van der Waals surface area contributed by atoms with Crippen LogP contribution in [-0.2, 0) is 0 Å². The zero-order valence-electron chi connectivity index (χ0n) is 8.99. The number of halogens is 1. The fourth-order valence-corrected chi connectivity index (χ4v) is 2.65. The van der Waals surface area contributed by atoms with Gasteiger partial charge in [0.1, 0.15) is 12.1 Å². The molecule has 2 rings (SSSR count). The summed E-state index contributed by atoms with van der Waals surface area (Å²) in [5.41, 5.74) is 0. The quantitative estimate of drug-likeness (QED) is 0.746. The maximum Gasteiger partial charge on any atom is 0.145 e. The summed E-state index contributed by atoms with van der Waals surface area (Å²) >= 11 is 2.31. The molecule has 1 aliphatic rings. The van der Waals surface area contributed by atoms with Crippen molar-refractivity contribution in [2.45, 2.75) is 26.2 Å². The van der Waals surface area contributed by atoms with Gasteiger partial charge >= 0.3 is 0 Å². The molecule has 15 heavy (non-hydrogen) atoms. The Balaban J connectivity index is 2.13. The van der Waals surface area contributed by atoms with Crippen molar-refractivity contribution in [2.24, 2.45) is 5.92 Å². The molecule has 1 aliphatic heterocycles. The van der Waals surface area contributed by atoms with Crippen molar-refractivity contribution in [1.82, 2.24) is 9.97 Å². The van der Waals surface area contributed by atoms with E-state index in [2.05, 4.69) is 44.4 Å². The molecule has 0 aliphatic carbocycles. The standard InChI is InChI=1S/C11H16IN3/c1-9-3-2-5-15(6-4-9)11-10(12)7-13-8-14-11/h7-9H,2-6H2,1H3. The maximum absolute atomic E-state index is 4.38. The molecule has 0 N–H and O–H groups in total. The lowest BCUT2D eigenvalue weighted by molar-refractivity contribution is 0.521. The van der Waals surface area contributed by atoms with Crippen LogP contribution in [0.15, 0.2) is 12.5 Å². The molecule has 1 unspecified atom stereocenters. The molecule has 2 heterocycles. The van der Waals surface area contributed by atoms with E-state index in [1.165, 1.54) is 19.3 Å². The first kappa shape index (κ1) is 11.1. The van der Waals surface area contributed by atoms with E-state index in [0.717, 1.165) is 28.4 Å². The van der Waals surface area contributed by atoms with Gasteiger partial charge in [0.25, 0.3) is 0 Å². The first-order valence-electron chi connectivity index (χ1n) is 5.48. The van der Waals surface area contributed by atoms with E-state index in [1.54, 1.807) is 6.33 Å². The van der Waals surface area contributed by atoms with E-state index in [9.17, 15) is 0 Å². The number of rotatable bonds is 1. The van der Waals surface area contributed by atoms with E-state index in [0.29, 0.717) is 0 Å². The van der Waals surface area contributed by atoms with E-state index in [4.69, 9.17) is 0 Å². The molecule has 0 spiro atoms. The van der Waals surface area contributed by atoms with Crippen molar-refractivity contribution in [3.63, 3.8) is 0 Å². The Bertz CT molecular complexity index is 329. The minimum atomic E-state index is 0.856. The summed E-state index contributed by atoms with van der Waals surface area (Å²) in [6.07, 6.45) is 7.43. The van der Waals surface area contributed by atoms with Crippen molar-refractivity contribution in [1.29, 1.82) is 0 Å². The first-order valence-corrected chi connectivity index (χ1v) is 6.55. The largest absolute Gasteiger partial charge is 0.356 e. The topological polar surface area (TPSA) is 29.0 Å². The summed E-state index contributed by atoms with van der Waals surface area (Å²) in [5.74, 6) is 1.97. The van der Waals surface area contributed by atoms with Gasteiger partial charge in [-0.1, -0.05) is 6.92 Å². The van der Waals surface area contributed by atoms with Gasteiger partial charge in [0.2, 0.25) is 0 Å². The normalized spacial score (nSPS) is 22.5. The average Bonchev–Trinajstić information content (AvgIpc) is 2.44. The smallest absolute Gasteiger partial charge is 0.145 e. The van der Waals surface area contributed by atoms with Crippen molar-refractivity contribution >= 4 is 28.4 Å².